The lowest BCUT2D eigenvalue weighted by Gasteiger charge is -2.21. The Morgan fingerprint density at radius 1 is 1.15 bits per heavy atom. The topological polar surface area (TPSA) is 132 Å². The highest BCUT2D eigenvalue weighted by atomic mass is 16.6. The molecule has 26 heavy (non-hydrogen) atoms. The lowest BCUT2D eigenvalue weighted by Crippen LogP contribution is -2.27. The largest absolute Gasteiger partial charge is 0.353 e. The average Bonchev–Trinajstić information content (AvgIpc) is 2.63. The zero-order chi connectivity index (χ0) is 18.9. The van der Waals surface area contributed by atoms with Crippen LogP contribution in [0.5, 0.6) is 0 Å². The van der Waals surface area contributed by atoms with Gasteiger partial charge in [-0.1, -0.05) is 17.7 Å². The number of nitriles is 2. The number of nitro groups is 1. The molecule has 0 saturated carbocycles. The summed E-state index contributed by atoms with van der Waals surface area (Å²) in [4.78, 5) is 20.7. The van der Waals surface area contributed by atoms with Crippen LogP contribution in [0.15, 0.2) is 30.6 Å². The van der Waals surface area contributed by atoms with E-state index in [1.54, 1.807) is 17.0 Å². The second kappa shape index (κ2) is 8.94. The van der Waals surface area contributed by atoms with E-state index >= 15 is 0 Å². The van der Waals surface area contributed by atoms with Gasteiger partial charge in [-0.25, -0.2) is 9.97 Å². The first kappa shape index (κ1) is 18.6. The highest BCUT2D eigenvalue weighted by Crippen LogP contribution is 2.33. The number of aromatic nitrogens is 2. The summed E-state index contributed by atoms with van der Waals surface area (Å²) >= 11 is 0. The van der Waals surface area contributed by atoms with Crippen molar-refractivity contribution in [1.29, 1.82) is 10.5 Å². The molecular formula is C17H17N7O2. The van der Waals surface area contributed by atoms with Crippen LogP contribution in [0.2, 0.25) is 0 Å². The fourth-order valence-corrected chi connectivity index (χ4v) is 2.33. The summed E-state index contributed by atoms with van der Waals surface area (Å²) in [6.07, 6.45) is 1.55. The summed E-state index contributed by atoms with van der Waals surface area (Å²) in [7, 11) is 0. The standard InChI is InChI=1S/C17H17N7O2/c1-13-4-6-14(7-5-13)22-16-15(24(25)26)17(21-12-20-16)23(10-2-8-18)11-3-9-19/h4-7,12H,2-3,10-11H2,1H3,(H,20,21,22). The molecule has 0 saturated heterocycles. The lowest BCUT2D eigenvalue weighted by atomic mass is 10.2. The van der Waals surface area contributed by atoms with Crippen LogP contribution in [0.4, 0.5) is 23.0 Å². The number of hydrogen-bond acceptors (Lipinski definition) is 8. The molecule has 0 spiro atoms. The summed E-state index contributed by atoms with van der Waals surface area (Å²) in [6.45, 7) is 2.41. The Morgan fingerprint density at radius 2 is 1.77 bits per heavy atom. The highest BCUT2D eigenvalue weighted by Gasteiger charge is 2.27. The summed E-state index contributed by atoms with van der Waals surface area (Å²) in [5.74, 6) is 0.146. The number of aryl methyl sites for hydroxylation is 1. The molecule has 0 amide bonds. The van der Waals surface area contributed by atoms with Gasteiger partial charge >= 0.3 is 5.69 Å². The molecule has 9 heteroatoms. The molecule has 0 fully saturated rings. The van der Waals surface area contributed by atoms with Crippen LogP contribution in [0, 0.1) is 39.7 Å². The van der Waals surface area contributed by atoms with Gasteiger partial charge in [0.15, 0.2) is 0 Å². The molecule has 1 aromatic carbocycles. The second-order valence-electron chi connectivity index (χ2n) is 5.45. The lowest BCUT2D eigenvalue weighted by molar-refractivity contribution is -0.383. The van der Waals surface area contributed by atoms with E-state index in [9.17, 15) is 10.1 Å². The Labute approximate surface area is 150 Å². The van der Waals surface area contributed by atoms with Gasteiger partial charge in [0, 0.05) is 18.8 Å². The first-order valence-electron chi connectivity index (χ1n) is 7.88. The van der Waals surface area contributed by atoms with E-state index in [0.717, 1.165) is 5.56 Å². The van der Waals surface area contributed by atoms with E-state index < -0.39 is 4.92 Å². The first-order chi connectivity index (χ1) is 12.6. The van der Waals surface area contributed by atoms with Crippen LogP contribution in [-0.4, -0.2) is 28.0 Å². The van der Waals surface area contributed by atoms with Gasteiger partial charge in [-0.05, 0) is 19.1 Å². The van der Waals surface area contributed by atoms with E-state index in [-0.39, 0.29) is 43.3 Å². The number of rotatable bonds is 8. The van der Waals surface area contributed by atoms with Crippen LogP contribution in [-0.2, 0) is 0 Å². The normalized spacial score (nSPS) is 9.81. The van der Waals surface area contributed by atoms with Crippen molar-refractivity contribution in [3.05, 3.63) is 46.3 Å². The van der Waals surface area contributed by atoms with Gasteiger partial charge in [-0.15, -0.1) is 0 Å². The molecule has 1 heterocycles. The Balaban J connectivity index is 2.42. The fraction of sp³-hybridized carbons (Fsp3) is 0.294. The molecule has 9 nitrogen and oxygen atoms in total. The predicted molar refractivity (Wildman–Crippen MR) is 95.8 cm³/mol. The van der Waals surface area contributed by atoms with Crippen molar-refractivity contribution in [2.24, 2.45) is 0 Å². The second-order valence-corrected chi connectivity index (χ2v) is 5.45. The predicted octanol–water partition coefficient (Wildman–Crippen LogP) is 3.07. The highest BCUT2D eigenvalue weighted by molar-refractivity contribution is 5.74. The van der Waals surface area contributed by atoms with E-state index in [4.69, 9.17) is 10.5 Å². The number of nitrogens with one attached hydrogen (secondary N) is 1. The van der Waals surface area contributed by atoms with Crippen molar-refractivity contribution in [2.75, 3.05) is 23.3 Å². The Morgan fingerprint density at radius 3 is 2.31 bits per heavy atom. The molecular weight excluding hydrogens is 334 g/mol. The van der Waals surface area contributed by atoms with Crippen LogP contribution in [0.1, 0.15) is 18.4 Å². The smallest absolute Gasteiger partial charge is 0.349 e. The van der Waals surface area contributed by atoms with E-state index in [2.05, 4.69) is 15.3 Å². The molecule has 0 bridgehead atoms. The molecule has 0 aliphatic rings. The number of nitrogens with zero attached hydrogens (tertiary/aromatic N) is 6. The van der Waals surface area contributed by atoms with Gasteiger partial charge in [0.05, 0.1) is 29.9 Å². The molecule has 0 radical (unpaired) electrons. The van der Waals surface area contributed by atoms with Crippen molar-refractivity contribution in [3.8, 4) is 12.1 Å². The maximum Gasteiger partial charge on any atom is 0.353 e. The van der Waals surface area contributed by atoms with Crippen molar-refractivity contribution in [2.45, 2.75) is 19.8 Å². The molecule has 0 unspecified atom stereocenters. The SMILES string of the molecule is Cc1ccc(Nc2ncnc(N(CCC#N)CCC#N)c2[N+](=O)[O-])cc1. The molecule has 0 aliphatic heterocycles. The minimum atomic E-state index is -0.558. The summed E-state index contributed by atoms with van der Waals surface area (Å²) < 4.78 is 0. The van der Waals surface area contributed by atoms with Crippen LogP contribution >= 0.6 is 0 Å². The van der Waals surface area contributed by atoms with Crippen LogP contribution < -0.4 is 10.2 Å². The quantitative estimate of drug-likeness (QED) is 0.567. The molecule has 2 aromatic rings. The van der Waals surface area contributed by atoms with Crippen LogP contribution in [0.25, 0.3) is 0 Å². The van der Waals surface area contributed by atoms with E-state index in [1.807, 2.05) is 31.2 Å². The van der Waals surface area contributed by atoms with Crippen molar-refractivity contribution >= 4 is 23.0 Å². The maximum atomic E-state index is 11.7. The van der Waals surface area contributed by atoms with Crippen molar-refractivity contribution in [1.82, 2.24) is 9.97 Å². The minimum Gasteiger partial charge on any atom is -0.349 e. The zero-order valence-electron chi connectivity index (χ0n) is 14.2. The third-order valence-electron chi connectivity index (χ3n) is 3.59. The van der Waals surface area contributed by atoms with Gasteiger partial charge < -0.3 is 10.2 Å². The number of hydrogen-bond donors (Lipinski definition) is 1. The summed E-state index contributed by atoms with van der Waals surface area (Å²) in [6, 6.07) is 11.3. The minimum absolute atomic E-state index is 0.0581. The van der Waals surface area contributed by atoms with Gasteiger partial charge in [0.25, 0.3) is 0 Å². The molecule has 1 N–H and O–H groups in total. The van der Waals surface area contributed by atoms with Gasteiger partial charge in [-0.2, -0.15) is 10.5 Å². The molecule has 0 aliphatic carbocycles. The molecule has 2 rings (SSSR count). The van der Waals surface area contributed by atoms with E-state index in [1.165, 1.54) is 6.33 Å². The maximum absolute atomic E-state index is 11.7. The number of anilines is 3. The van der Waals surface area contributed by atoms with Gasteiger partial charge in [0.1, 0.15) is 6.33 Å². The third-order valence-corrected chi connectivity index (χ3v) is 3.59. The van der Waals surface area contributed by atoms with Crippen molar-refractivity contribution < 1.29 is 4.92 Å². The third kappa shape index (κ3) is 4.65. The molecule has 0 atom stereocenters. The molecule has 1 aromatic heterocycles. The Bertz CT molecular complexity index is 835. The monoisotopic (exact) mass is 351 g/mol. The van der Waals surface area contributed by atoms with Gasteiger partial charge in [-0.3, -0.25) is 10.1 Å². The Kier molecular flexibility index (Phi) is 6.40. The van der Waals surface area contributed by atoms with Crippen LogP contribution in [0.3, 0.4) is 0 Å². The summed E-state index contributed by atoms with van der Waals surface area (Å²) in [5, 5.41) is 32.2. The molecule has 132 valence electrons. The fourth-order valence-electron chi connectivity index (χ4n) is 2.33. The average molecular weight is 351 g/mol. The zero-order valence-corrected chi connectivity index (χ0v) is 14.2. The summed E-state index contributed by atoms with van der Waals surface area (Å²) in [5.41, 5.74) is 1.43. The van der Waals surface area contributed by atoms with E-state index in [0.29, 0.717) is 5.69 Å². The van der Waals surface area contributed by atoms with Gasteiger partial charge in [0.2, 0.25) is 11.6 Å². The Hall–Kier alpha value is -3.72. The first-order valence-corrected chi connectivity index (χ1v) is 7.88. The van der Waals surface area contributed by atoms with Crippen molar-refractivity contribution in [3.63, 3.8) is 0 Å². The number of benzene rings is 1.